The van der Waals surface area contributed by atoms with Crippen LogP contribution in [-0.4, -0.2) is 36.7 Å². The van der Waals surface area contributed by atoms with Crippen molar-refractivity contribution in [3.63, 3.8) is 0 Å². The summed E-state index contributed by atoms with van der Waals surface area (Å²) in [4.78, 5) is 11.5. The quantitative estimate of drug-likeness (QED) is 0.484. The SMILES string of the molecule is CC(C)(O)C(CCCO[Si](c1ccccc1)(c1ccccc1)C(C)(C)C)C(=O)O. The number of hydrogen-bond donors (Lipinski definition) is 2. The van der Waals surface area contributed by atoms with E-state index < -0.39 is 25.8 Å². The number of carboxylic acids is 1. The summed E-state index contributed by atoms with van der Waals surface area (Å²) in [6.07, 6.45) is 0.947. The van der Waals surface area contributed by atoms with Gasteiger partial charge >= 0.3 is 5.97 Å². The average Bonchev–Trinajstić information content (AvgIpc) is 2.63. The van der Waals surface area contributed by atoms with Crippen LogP contribution in [0.1, 0.15) is 47.5 Å². The molecule has 0 aliphatic heterocycles. The van der Waals surface area contributed by atoms with Crippen molar-refractivity contribution < 1.29 is 19.4 Å². The predicted octanol–water partition coefficient (Wildman–Crippen LogP) is 3.81. The van der Waals surface area contributed by atoms with Crippen molar-refractivity contribution in [2.75, 3.05) is 6.61 Å². The molecule has 1 unspecified atom stereocenters. The minimum absolute atomic E-state index is 0.113. The number of aliphatic hydroxyl groups is 1. The number of hydrogen-bond acceptors (Lipinski definition) is 3. The van der Waals surface area contributed by atoms with Crippen molar-refractivity contribution in [2.45, 2.75) is 58.1 Å². The lowest BCUT2D eigenvalue weighted by atomic mass is 9.87. The molecule has 0 heterocycles. The topological polar surface area (TPSA) is 66.8 Å². The van der Waals surface area contributed by atoms with Gasteiger partial charge in [-0.3, -0.25) is 4.79 Å². The van der Waals surface area contributed by atoms with Crippen LogP contribution in [0.3, 0.4) is 0 Å². The molecule has 0 aromatic heterocycles. The van der Waals surface area contributed by atoms with Crippen LogP contribution in [0.15, 0.2) is 60.7 Å². The number of carbonyl (C=O) groups is 1. The first-order valence-corrected chi connectivity index (χ1v) is 12.1. The molecule has 0 fully saturated rings. The summed E-state index contributed by atoms with van der Waals surface area (Å²) in [5.74, 6) is -1.78. The Balaban J connectivity index is 2.33. The molecule has 0 aliphatic rings. The molecule has 5 heteroatoms. The number of benzene rings is 2. The lowest BCUT2D eigenvalue weighted by Crippen LogP contribution is -2.66. The van der Waals surface area contributed by atoms with Gasteiger partial charge in [0.15, 0.2) is 0 Å². The second kappa shape index (κ2) is 9.24. The Bertz CT molecular complexity index is 737. The highest BCUT2D eigenvalue weighted by Gasteiger charge is 2.50. The smallest absolute Gasteiger partial charge is 0.309 e. The van der Waals surface area contributed by atoms with Crippen molar-refractivity contribution in [1.29, 1.82) is 0 Å². The average molecular weight is 415 g/mol. The first-order valence-electron chi connectivity index (χ1n) is 10.2. The van der Waals surface area contributed by atoms with Crippen LogP contribution in [0.5, 0.6) is 0 Å². The van der Waals surface area contributed by atoms with E-state index in [1.165, 1.54) is 10.4 Å². The van der Waals surface area contributed by atoms with Crippen LogP contribution in [-0.2, 0) is 9.22 Å². The fourth-order valence-corrected chi connectivity index (χ4v) is 8.66. The standard InChI is InChI=1S/C24H34O4Si/c1-23(2,3)29(19-13-8-6-9-14-19,20-15-10-7-11-16-20)28-18-12-17-21(22(25)26)24(4,5)27/h6-11,13-16,21,27H,12,17-18H2,1-5H3,(H,25,26). The summed E-state index contributed by atoms with van der Waals surface area (Å²) < 4.78 is 6.77. The third-order valence-electron chi connectivity index (χ3n) is 5.52. The highest BCUT2D eigenvalue weighted by molar-refractivity contribution is 6.99. The molecule has 0 saturated carbocycles. The molecule has 0 radical (unpaired) electrons. The molecule has 0 aliphatic carbocycles. The van der Waals surface area contributed by atoms with Crippen LogP contribution in [0.4, 0.5) is 0 Å². The Morgan fingerprint density at radius 1 is 0.931 bits per heavy atom. The molecule has 0 saturated heterocycles. The van der Waals surface area contributed by atoms with E-state index in [0.29, 0.717) is 19.4 Å². The predicted molar refractivity (Wildman–Crippen MR) is 120 cm³/mol. The van der Waals surface area contributed by atoms with Gasteiger partial charge in [-0.1, -0.05) is 81.4 Å². The van der Waals surface area contributed by atoms with Gasteiger partial charge in [0.25, 0.3) is 8.32 Å². The Morgan fingerprint density at radius 2 is 1.38 bits per heavy atom. The largest absolute Gasteiger partial charge is 0.481 e. The molecule has 0 bridgehead atoms. The maximum atomic E-state index is 11.5. The molecule has 2 rings (SSSR count). The Kier molecular flexibility index (Phi) is 7.43. The second-order valence-corrected chi connectivity index (χ2v) is 13.5. The van der Waals surface area contributed by atoms with Gasteiger partial charge in [-0.25, -0.2) is 0 Å². The van der Waals surface area contributed by atoms with Gasteiger partial charge in [0.1, 0.15) is 0 Å². The van der Waals surface area contributed by atoms with Gasteiger partial charge < -0.3 is 14.6 Å². The third kappa shape index (κ3) is 5.35. The lowest BCUT2D eigenvalue weighted by molar-refractivity contribution is -0.150. The highest BCUT2D eigenvalue weighted by atomic mass is 28.4. The van der Waals surface area contributed by atoms with Crippen LogP contribution in [0.2, 0.25) is 5.04 Å². The van der Waals surface area contributed by atoms with Gasteiger partial charge in [-0.2, -0.15) is 0 Å². The van der Waals surface area contributed by atoms with E-state index in [1.807, 2.05) is 36.4 Å². The Hall–Kier alpha value is -1.95. The molecule has 4 nitrogen and oxygen atoms in total. The molecule has 29 heavy (non-hydrogen) atoms. The van der Waals surface area contributed by atoms with Crippen LogP contribution < -0.4 is 10.4 Å². The van der Waals surface area contributed by atoms with Gasteiger partial charge in [-0.05, 0) is 42.1 Å². The molecule has 158 valence electrons. The van der Waals surface area contributed by atoms with Gasteiger partial charge in [-0.15, -0.1) is 0 Å². The monoisotopic (exact) mass is 414 g/mol. The molecular weight excluding hydrogens is 380 g/mol. The maximum absolute atomic E-state index is 11.5. The zero-order valence-corrected chi connectivity index (χ0v) is 19.2. The van der Waals surface area contributed by atoms with E-state index in [9.17, 15) is 15.0 Å². The van der Waals surface area contributed by atoms with Crippen molar-refractivity contribution >= 4 is 24.7 Å². The van der Waals surface area contributed by atoms with Gasteiger partial charge in [0, 0.05) is 6.61 Å². The number of rotatable bonds is 9. The molecule has 2 aromatic carbocycles. The summed E-state index contributed by atoms with van der Waals surface area (Å²) in [5, 5.41) is 21.9. The van der Waals surface area contributed by atoms with Gasteiger partial charge in [0.2, 0.25) is 0 Å². The third-order valence-corrected chi connectivity index (χ3v) is 10.6. The fourth-order valence-electron chi connectivity index (χ4n) is 4.05. The molecule has 2 N–H and O–H groups in total. The number of aliphatic carboxylic acids is 1. The first-order chi connectivity index (χ1) is 13.5. The van der Waals surface area contributed by atoms with E-state index >= 15 is 0 Å². The molecule has 0 spiro atoms. The van der Waals surface area contributed by atoms with Crippen LogP contribution in [0, 0.1) is 5.92 Å². The van der Waals surface area contributed by atoms with Gasteiger partial charge in [0.05, 0.1) is 11.5 Å². The molecule has 2 aromatic rings. The Labute approximate surface area is 175 Å². The summed E-state index contributed by atoms with van der Waals surface area (Å²) in [6.45, 7) is 10.2. The van der Waals surface area contributed by atoms with E-state index in [0.717, 1.165) is 0 Å². The zero-order chi connectivity index (χ0) is 21.7. The minimum atomic E-state index is -2.60. The maximum Gasteiger partial charge on any atom is 0.309 e. The van der Waals surface area contributed by atoms with Crippen LogP contribution >= 0.6 is 0 Å². The van der Waals surface area contributed by atoms with E-state index in [-0.39, 0.29) is 5.04 Å². The van der Waals surface area contributed by atoms with Crippen molar-refractivity contribution in [1.82, 2.24) is 0 Å². The van der Waals surface area contributed by atoms with E-state index in [1.54, 1.807) is 13.8 Å². The normalized spacial score (nSPS) is 13.9. The summed E-state index contributed by atoms with van der Waals surface area (Å²) in [6, 6.07) is 20.8. The Morgan fingerprint density at radius 3 is 1.72 bits per heavy atom. The van der Waals surface area contributed by atoms with E-state index in [4.69, 9.17) is 4.43 Å². The zero-order valence-electron chi connectivity index (χ0n) is 18.2. The van der Waals surface area contributed by atoms with Crippen molar-refractivity contribution in [2.24, 2.45) is 5.92 Å². The number of carboxylic acid groups (broad SMARTS) is 1. The summed E-state index contributed by atoms with van der Waals surface area (Å²) >= 11 is 0. The molecule has 1 atom stereocenters. The lowest BCUT2D eigenvalue weighted by Gasteiger charge is -2.43. The second-order valence-electron chi connectivity index (χ2n) is 9.20. The van der Waals surface area contributed by atoms with Crippen molar-refractivity contribution in [3.8, 4) is 0 Å². The first kappa shape index (κ1) is 23.3. The minimum Gasteiger partial charge on any atom is -0.481 e. The summed E-state index contributed by atoms with van der Waals surface area (Å²) in [5.41, 5.74) is -1.26. The van der Waals surface area contributed by atoms with Crippen LogP contribution in [0.25, 0.3) is 0 Å². The highest BCUT2D eigenvalue weighted by Crippen LogP contribution is 2.37. The fraction of sp³-hybridized carbons (Fsp3) is 0.458. The summed E-state index contributed by atoms with van der Waals surface area (Å²) in [7, 11) is -2.60. The van der Waals surface area contributed by atoms with E-state index in [2.05, 4.69) is 45.0 Å². The molecular formula is C24H34O4Si. The molecule has 0 amide bonds. The van der Waals surface area contributed by atoms with Crippen molar-refractivity contribution in [3.05, 3.63) is 60.7 Å².